The molecule has 37 heavy (non-hydrogen) atoms. The lowest BCUT2D eigenvalue weighted by Gasteiger charge is -2.39. The van der Waals surface area contributed by atoms with E-state index < -0.39 is 12.1 Å². The molecule has 0 aliphatic carbocycles. The Labute approximate surface area is 221 Å². The number of urea groups is 1. The van der Waals surface area contributed by atoms with E-state index in [2.05, 4.69) is 10.6 Å². The first-order valence-corrected chi connectivity index (χ1v) is 12.6. The molecule has 10 nitrogen and oxygen atoms in total. The second-order valence-electron chi connectivity index (χ2n) is 9.41. The maximum absolute atomic E-state index is 13.3. The van der Waals surface area contributed by atoms with Gasteiger partial charge in [-0.1, -0.05) is 41.9 Å². The van der Waals surface area contributed by atoms with Crippen LogP contribution in [0.15, 0.2) is 66.5 Å². The molecule has 0 saturated carbocycles. The van der Waals surface area contributed by atoms with Gasteiger partial charge in [-0.3, -0.25) is 9.59 Å². The summed E-state index contributed by atoms with van der Waals surface area (Å²) in [5.74, 6) is -0.0397. The number of nitrogens with one attached hydrogen (secondary N) is 2. The second kappa shape index (κ2) is 10.7. The van der Waals surface area contributed by atoms with Crippen LogP contribution in [-0.2, 0) is 9.59 Å². The lowest BCUT2D eigenvalue weighted by molar-refractivity contribution is -0.148. The number of hydrogen-bond donors (Lipinski definition) is 2. The number of hydrazine groups is 1. The first kappa shape index (κ1) is 24.9. The highest BCUT2D eigenvalue weighted by Crippen LogP contribution is 2.26. The molecule has 11 heteroatoms. The number of benzene rings is 2. The van der Waals surface area contributed by atoms with E-state index in [1.807, 2.05) is 58.4 Å². The highest BCUT2D eigenvalue weighted by Gasteiger charge is 2.40. The van der Waals surface area contributed by atoms with Crippen LogP contribution in [0.2, 0.25) is 5.02 Å². The van der Waals surface area contributed by atoms with E-state index in [1.54, 1.807) is 34.2 Å². The summed E-state index contributed by atoms with van der Waals surface area (Å²) in [5, 5.41) is 10.1. The molecule has 2 saturated heterocycles. The van der Waals surface area contributed by atoms with Crippen molar-refractivity contribution < 1.29 is 14.4 Å². The average molecular weight is 524 g/mol. The molecule has 2 fully saturated rings. The van der Waals surface area contributed by atoms with Gasteiger partial charge < -0.3 is 25.3 Å². The highest BCUT2D eigenvalue weighted by molar-refractivity contribution is 6.30. The van der Waals surface area contributed by atoms with Gasteiger partial charge in [-0.25, -0.2) is 14.8 Å². The molecule has 0 aromatic heterocycles. The molecule has 4 amide bonds. The molecule has 1 atom stereocenters. The minimum atomic E-state index is -0.490. The van der Waals surface area contributed by atoms with Crippen molar-refractivity contribution in [1.29, 1.82) is 0 Å². The number of amides is 4. The molecule has 1 unspecified atom stereocenters. The number of piperazine rings is 1. The number of fused-ring (bicyclic) bond motifs is 1. The SMILES string of the molecule is CN1C=C2C(=O)N(N3CCN(C(=O)CC(NC(=O)Nc4ccc(Cl)cc4)c4ccccc4)CC3)CN2C1. The van der Waals surface area contributed by atoms with Gasteiger partial charge in [0.15, 0.2) is 0 Å². The van der Waals surface area contributed by atoms with Crippen molar-refractivity contribution in [2.45, 2.75) is 12.5 Å². The lowest BCUT2D eigenvalue weighted by atomic mass is 10.0. The smallest absolute Gasteiger partial charge is 0.319 e. The van der Waals surface area contributed by atoms with E-state index in [0.29, 0.717) is 50.2 Å². The van der Waals surface area contributed by atoms with Gasteiger partial charge in [-0.2, -0.15) is 0 Å². The van der Waals surface area contributed by atoms with Gasteiger partial charge in [0.05, 0.1) is 19.1 Å². The Morgan fingerprint density at radius 1 is 0.973 bits per heavy atom. The molecular weight excluding hydrogens is 494 g/mol. The fourth-order valence-electron chi connectivity index (χ4n) is 4.85. The topological polar surface area (TPSA) is 91.5 Å². The van der Waals surface area contributed by atoms with Crippen LogP contribution in [-0.4, -0.2) is 89.1 Å². The number of carbonyl (C=O) groups excluding carboxylic acids is 3. The van der Waals surface area contributed by atoms with Crippen LogP contribution in [0, 0.1) is 0 Å². The zero-order valence-electron chi connectivity index (χ0n) is 20.6. The number of rotatable bonds is 6. The molecule has 2 aromatic rings. The molecule has 3 aliphatic rings. The van der Waals surface area contributed by atoms with Gasteiger partial charge in [0.2, 0.25) is 5.91 Å². The highest BCUT2D eigenvalue weighted by atomic mass is 35.5. The van der Waals surface area contributed by atoms with Crippen LogP contribution in [0.1, 0.15) is 18.0 Å². The van der Waals surface area contributed by atoms with Gasteiger partial charge in [-0.05, 0) is 29.8 Å². The van der Waals surface area contributed by atoms with Crippen LogP contribution in [0.4, 0.5) is 10.5 Å². The zero-order chi connectivity index (χ0) is 25.9. The maximum atomic E-state index is 13.3. The third-order valence-electron chi connectivity index (χ3n) is 6.77. The van der Waals surface area contributed by atoms with E-state index in [1.165, 1.54) is 0 Å². The van der Waals surface area contributed by atoms with Crippen molar-refractivity contribution in [2.24, 2.45) is 0 Å². The molecule has 2 N–H and O–H groups in total. The summed E-state index contributed by atoms with van der Waals surface area (Å²) < 4.78 is 0. The predicted molar refractivity (Wildman–Crippen MR) is 140 cm³/mol. The Kier molecular flexibility index (Phi) is 7.20. The van der Waals surface area contributed by atoms with Crippen molar-refractivity contribution >= 4 is 35.1 Å². The largest absolute Gasteiger partial charge is 0.361 e. The summed E-state index contributed by atoms with van der Waals surface area (Å²) in [5.41, 5.74) is 2.17. The quantitative estimate of drug-likeness (QED) is 0.604. The maximum Gasteiger partial charge on any atom is 0.319 e. The van der Waals surface area contributed by atoms with Crippen molar-refractivity contribution in [2.75, 3.05) is 51.9 Å². The summed E-state index contributed by atoms with van der Waals surface area (Å²) in [4.78, 5) is 44.7. The van der Waals surface area contributed by atoms with Gasteiger partial charge in [0.1, 0.15) is 12.4 Å². The summed E-state index contributed by atoms with van der Waals surface area (Å²) in [6.07, 6.45) is 2.01. The standard InChI is InChI=1S/C26H30ClN7O3/c1-30-16-23-25(36)34(18-32(23)17-30)33-13-11-31(12-14-33)24(35)15-22(19-5-3-2-4-6-19)29-26(37)28-21-9-7-20(27)8-10-21/h2-10,16,22H,11-15,17-18H2,1H3,(H2,28,29,37). The third-order valence-corrected chi connectivity index (χ3v) is 7.03. The predicted octanol–water partition coefficient (Wildman–Crippen LogP) is 2.50. The molecule has 3 heterocycles. The fraction of sp³-hybridized carbons (Fsp3) is 0.346. The van der Waals surface area contributed by atoms with Crippen LogP contribution in [0.5, 0.6) is 0 Å². The number of nitrogens with zero attached hydrogens (tertiary/aromatic N) is 5. The van der Waals surface area contributed by atoms with E-state index in [4.69, 9.17) is 11.6 Å². The van der Waals surface area contributed by atoms with Crippen LogP contribution >= 0.6 is 11.6 Å². The minimum absolute atomic E-state index is 0.00386. The Morgan fingerprint density at radius 3 is 2.35 bits per heavy atom. The summed E-state index contributed by atoms with van der Waals surface area (Å²) in [7, 11) is 1.95. The number of halogens is 1. The molecule has 2 aromatic carbocycles. The summed E-state index contributed by atoms with van der Waals surface area (Å²) >= 11 is 5.93. The van der Waals surface area contributed by atoms with Gasteiger partial charge in [0, 0.05) is 50.1 Å². The molecule has 0 bridgehead atoms. The van der Waals surface area contributed by atoms with Crippen molar-refractivity contribution in [1.82, 2.24) is 30.0 Å². The summed E-state index contributed by atoms with van der Waals surface area (Å²) in [6.45, 7) is 3.42. The molecule has 194 valence electrons. The van der Waals surface area contributed by atoms with E-state index in [-0.39, 0.29) is 18.2 Å². The third kappa shape index (κ3) is 5.65. The Morgan fingerprint density at radius 2 is 1.68 bits per heavy atom. The van der Waals surface area contributed by atoms with Crippen LogP contribution < -0.4 is 10.6 Å². The van der Waals surface area contributed by atoms with Crippen molar-refractivity contribution in [3.8, 4) is 0 Å². The normalized spacial score (nSPS) is 18.5. The number of anilines is 1. The molecule has 0 radical (unpaired) electrons. The van der Waals surface area contributed by atoms with E-state index in [9.17, 15) is 14.4 Å². The first-order valence-electron chi connectivity index (χ1n) is 12.3. The average Bonchev–Trinajstić information content (AvgIpc) is 3.42. The lowest BCUT2D eigenvalue weighted by Crippen LogP contribution is -2.56. The van der Waals surface area contributed by atoms with E-state index in [0.717, 1.165) is 11.3 Å². The van der Waals surface area contributed by atoms with Gasteiger partial charge in [0.25, 0.3) is 5.91 Å². The fourth-order valence-corrected chi connectivity index (χ4v) is 4.98. The van der Waals surface area contributed by atoms with E-state index >= 15 is 0 Å². The molecule has 3 aliphatic heterocycles. The van der Waals surface area contributed by atoms with Crippen molar-refractivity contribution in [3.05, 3.63) is 77.1 Å². The minimum Gasteiger partial charge on any atom is -0.361 e. The zero-order valence-corrected chi connectivity index (χ0v) is 21.4. The molecule has 0 spiro atoms. The van der Waals surface area contributed by atoms with Crippen molar-refractivity contribution in [3.63, 3.8) is 0 Å². The Balaban J connectivity index is 1.18. The molecule has 5 rings (SSSR count). The van der Waals surface area contributed by atoms with Crippen LogP contribution in [0.3, 0.4) is 0 Å². The second-order valence-corrected chi connectivity index (χ2v) is 9.84. The van der Waals surface area contributed by atoms with Crippen LogP contribution in [0.25, 0.3) is 0 Å². The Bertz CT molecular complexity index is 1180. The molecular formula is C26H30ClN7O3. The number of carbonyl (C=O) groups is 3. The monoisotopic (exact) mass is 523 g/mol. The van der Waals surface area contributed by atoms with Gasteiger partial charge >= 0.3 is 6.03 Å². The summed E-state index contributed by atoms with van der Waals surface area (Å²) in [6, 6.07) is 15.4. The Hall–Kier alpha value is -3.76. The first-order chi connectivity index (χ1) is 17.9. The van der Waals surface area contributed by atoms with Gasteiger partial charge in [-0.15, -0.1) is 0 Å². The number of hydrogen-bond acceptors (Lipinski definition) is 6.